The number of benzene rings is 2. The van der Waals surface area contributed by atoms with E-state index in [-0.39, 0.29) is 10.5 Å². The third-order valence-corrected chi connectivity index (χ3v) is 5.28. The van der Waals surface area contributed by atoms with E-state index in [1.165, 1.54) is 22.3 Å². The van der Waals surface area contributed by atoms with E-state index in [0.29, 0.717) is 5.52 Å². The molecule has 6 heteroatoms. The topological polar surface area (TPSA) is 59.3 Å². The number of aromatic nitrogens is 1. The summed E-state index contributed by atoms with van der Waals surface area (Å²) in [5.74, 6) is 0. The number of rotatable bonds is 3. The lowest BCUT2D eigenvalue weighted by molar-refractivity contribution is 0.259. The first-order chi connectivity index (χ1) is 10.0. The van der Waals surface area contributed by atoms with Crippen molar-refractivity contribution in [3.05, 3.63) is 66.4 Å². The molecule has 0 radical (unpaired) electrons. The summed E-state index contributed by atoms with van der Waals surface area (Å²) in [6, 6.07) is 15.1. The highest BCUT2D eigenvalue weighted by Crippen LogP contribution is 2.28. The molecule has 0 aliphatic rings. The number of fused-ring (bicyclic) bond motifs is 1. The highest BCUT2D eigenvalue weighted by atomic mass is 35.5. The maximum Gasteiger partial charge on any atom is 0.268 e. The second kappa shape index (κ2) is 5.18. The average molecular weight is 322 g/mol. The van der Waals surface area contributed by atoms with Crippen LogP contribution in [-0.4, -0.2) is 17.5 Å². The Hall–Kier alpha value is -1.82. The number of para-hydroxylation sites is 1. The lowest BCUT2D eigenvalue weighted by Crippen LogP contribution is -2.14. The van der Waals surface area contributed by atoms with E-state index in [1.54, 1.807) is 30.3 Å². The van der Waals surface area contributed by atoms with Crippen LogP contribution in [0, 0.1) is 0 Å². The average Bonchev–Trinajstić information content (AvgIpc) is 2.92. The van der Waals surface area contributed by atoms with Crippen LogP contribution in [0.2, 0.25) is 0 Å². The summed E-state index contributed by atoms with van der Waals surface area (Å²) in [6.07, 6.45) is 1.50. The molecule has 4 nitrogen and oxygen atoms in total. The van der Waals surface area contributed by atoms with Crippen molar-refractivity contribution < 1.29 is 13.5 Å². The number of hydrogen-bond acceptors (Lipinski definition) is 3. The summed E-state index contributed by atoms with van der Waals surface area (Å²) in [4.78, 5) is -0.00569. The van der Waals surface area contributed by atoms with Crippen LogP contribution in [0.15, 0.2) is 65.7 Å². The molecular formula is C15H12ClNO3S. The van der Waals surface area contributed by atoms with Gasteiger partial charge in [0, 0.05) is 17.1 Å². The molecule has 0 aliphatic carbocycles. The number of aliphatic hydroxyl groups is 1. The lowest BCUT2D eigenvalue weighted by atomic mass is 10.2. The van der Waals surface area contributed by atoms with Gasteiger partial charge in [-0.15, -0.1) is 0 Å². The van der Waals surface area contributed by atoms with Gasteiger partial charge in [0.15, 0.2) is 5.56 Å². The summed E-state index contributed by atoms with van der Waals surface area (Å²) < 4.78 is 26.8. The van der Waals surface area contributed by atoms with Crippen molar-refractivity contribution in [3.63, 3.8) is 0 Å². The Balaban J connectivity index is 2.27. The fraction of sp³-hybridized carbons (Fsp3) is 0.0667. The number of halogens is 1. The fourth-order valence-electron chi connectivity index (χ4n) is 2.29. The molecule has 1 atom stereocenters. The van der Waals surface area contributed by atoms with E-state index >= 15 is 0 Å². The second-order valence-electron chi connectivity index (χ2n) is 4.55. The first-order valence-electron chi connectivity index (χ1n) is 6.24. The van der Waals surface area contributed by atoms with Gasteiger partial charge in [0.2, 0.25) is 0 Å². The van der Waals surface area contributed by atoms with Crippen LogP contribution in [0.4, 0.5) is 0 Å². The van der Waals surface area contributed by atoms with Gasteiger partial charge in [0.05, 0.1) is 10.4 Å². The molecule has 2 aromatic carbocycles. The molecule has 108 valence electrons. The minimum atomic E-state index is -3.83. The highest BCUT2D eigenvalue weighted by molar-refractivity contribution is 7.90. The number of aliphatic hydroxyl groups excluding tert-OH is 1. The smallest absolute Gasteiger partial charge is 0.268 e. The largest absolute Gasteiger partial charge is 0.373 e. The highest BCUT2D eigenvalue weighted by Gasteiger charge is 2.24. The van der Waals surface area contributed by atoms with Crippen molar-refractivity contribution in [1.82, 2.24) is 3.97 Å². The Morgan fingerprint density at radius 2 is 1.67 bits per heavy atom. The molecule has 0 saturated carbocycles. The Morgan fingerprint density at radius 3 is 2.43 bits per heavy atom. The first-order valence-corrected chi connectivity index (χ1v) is 8.12. The zero-order chi connectivity index (χ0) is 15.0. The van der Waals surface area contributed by atoms with Crippen LogP contribution < -0.4 is 0 Å². The van der Waals surface area contributed by atoms with Gasteiger partial charge in [-0.3, -0.25) is 0 Å². The van der Waals surface area contributed by atoms with Gasteiger partial charge in [0.25, 0.3) is 10.0 Å². The predicted octanol–water partition coefficient (Wildman–Crippen LogP) is 3.11. The minimum Gasteiger partial charge on any atom is -0.373 e. The standard InChI is InChI=1S/C15H12ClNO3S/c16-15(18)12-6-2-4-8-14(12)21(19,20)17-10-9-11-5-1-3-7-13(11)17/h1-10,15,18H. The third-order valence-electron chi connectivity index (χ3n) is 3.28. The molecular weight excluding hydrogens is 310 g/mol. The summed E-state index contributed by atoms with van der Waals surface area (Å²) in [5, 5.41) is 10.4. The molecule has 0 spiro atoms. The van der Waals surface area contributed by atoms with E-state index in [2.05, 4.69) is 0 Å². The second-order valence-corrected chi connectivity index (χ2v) is 6.75. The van der Waals surface area contributed by atoms with Crippen molar-refractivity contribution in [2.24, 2.45) is 0 Å². The lowest BCUT2D eigenvalue weighted by Gasteiger charge is -2.13. The van der Waals surface area contributed by atoms with Gasteiger partial charge in [-0.25, -0.2) is 12.4 Å². The SMILES string of the molecule is O=S(=O)(c1ccccc1C(O)Cl)n1ccc2ccccc21. The maximum atomic E-state index is 12.8. The Kier molecular flexibility index (Phi) is 3.49. The summed E-state index contributed by atoms with van der Waals surface area (Å²) >= 11 is 5.68. The summed E-state index contributed by atoms with van der Waals surface area (Å²) in [7, 11) is -3.83. The number of nitrogens with zero attached hydrogens (tertiary/aromatic N) is 1. The molecule has 3 rings (SSSR count). The van der Waals surface area contributed by atoms with Crippen molar-refractivity contribution in [2.75, 3.05) is 0 Å². The summed E-state index contributed by atoms with van der Waals surface area (Å²) in [5.41, 5.74) is -0.633. The van der Waals surface area contributed by atoms with E-state index < -0.39 is 15.6 Å². The first kappa shape index (κ1) is 14.1. The van der Waals surface area contributed by atoms with Gasteiger partial charge in [-0.2, -0.15) is 0 Å². The molecule has 1 heterocycles. The van der Waals surface area contributed by atoms with Crippen LogP contribution in [0.25, 0.3) is 10.9 Å². The van der Waals surface area contributed by atoms with E-state index in [9.17, 15) is 13.5 Å². The van der Waals surface area contributed by atoms with E-state index in [1.807, 2.05) is 12.1 Å². The predicted molar refractivity (Wildman–Crippen MR) is 81.8 cm³/mol. The molecule has 0 fully saturated rings. The fourth-order valence-corrected chi connectivity index (χ4v) is 4.13. The van der Waals surface area contributed by atoms with Crippen molar-refractivity contribution in [2.45, 2.75) is 10.5 Å². The van der Waals surface area contributed by atoms with Crippen LogP contribution >= 0.6 is 11.6 Å². The van der Waals surface area contributed by atoms with Crippen LogP contribution in [0.5, 0.6) is 0 Å². The molecule has 0 saturated heterocycles. The van der Waals surface area contributed by atoms with Crippen LogP contribution in [-0.2, 0) is 10.0 Å². The van der Waals surface area contributed by atoms with Crippen molar-refractivity contribution in [1.29, 1.82) is 0 Å². The zero-order valence-corrected chi connectivity index (χ0v) is 12.4. The minimum absolute atomic E-state index is 0.00569. The van der Waals surface area contributed by atoms with Gasteiger partial charge >= 0.3 is 0 Å². The van der Waals surface area contributed by atoms with Gasteiger partial charge < -0.3 is 5.11 Å². The molecule has 0 amide bonds. The molecule has 3 aromatic rings. The normalized spacial score (nSPS) is 13.4. The van der Waals surface area contributed by atoms with Crippen LogP contribution in [0.3, 0.4) is 0 Å². The number of hydrogen-bond donors (Lipinski definition) is 1. The van der Waals surface area contributed by atoms with E-state index in [0.717, 1.165) is 5.39 Å². The summed E-state index contributed by atoms with van der Waals surface area (Å²) in [6.45, 7) is 0. The monoisotopic (exact) mass is 321 g/mol. The Bertz CT molecular complexity index is 900. The quantitative estimate of drug-likeness (QED) is 0.754. The molecule has 0 aliphatic heterocycles. The molecule has 21 heavy (non-hydrogen) atoms. The van der Waals surface area contributed by atoms with Crippen molar-refractivity contribution >= 4 is 32.5 Å². The van der Waals surface area contributed by atoms with E-state index in [4.69, 9.17) is 11.6 Å². The Morgan fingerprint density at radius 1 is 1.00 bits per heavy atom. The molecule has 0 bridgehead atoms. The Labute approximate surface area is 127 Å². The molecule has 1 unspecified atom stereocenters. The molecule has 1 aromatic heterocycles. The zero-order valence-electron chi connectivity index (χ0n) is 10.8. The maximum absolute atomic E-state index is 12.8. The third kappa shape index (κ3) is 2.33. The van der Waals surface area contributed by atoms with Crippen LogP contribution in [0.1, 0.15) is 11.1 Å². The number of alkyl halides is 1. The van der Waals surface area contributed by atoms with Gasteiger partial charge in [0.1, 0.15) is 0 Å². The van der Waals surface area contributed by atoms with Gasteiger partial charge in [-0.1, -0.05) is 48.0 Å². The molecule has 1 N–H and O–H groups in total. The van der Waals surface area contributed by atoms with Crippen molar-refractivity contribution in [3.8, 4) is 0 Å². The van der Waals surface area contributed by atoms with Gasteiger partial charge in [-0.05, 0) is 18.2 Å².